The number of esters is 2. The standard InChI is InChI=1S/C21H34N2O4/c1-5-8-9-10-11-12-16-26-20(24)18(4)27-21(25)19(17-22)14-13-15-23(6-2)7-3/h13-15,18H,5-12,16H2,1-4H3/b15-13+,19-14+. The second-order valence-electron chi connectivity index (χ2n) is 6.24. The molecule has 0 aromatic carbocycles. The lowest BCUT2D eigenvalue weighted by Crippen LogP contribution is -2.27. The maximum atomic E-state index is 12.0. The molecule has 0 N–H and O–H groups in total. The smallest absolute Gasteiger partial charge is 0.349 e. The van der Waals surface area contributed by atoms with Crippen molar-refractivity contribution in [1.29, 1.82) is 5.26 Å². The van der Waals surface area contributed by atoms with Crippen LogP contribution in [0.1, 0.15) is 66.2 Å². The summed E-state index contributed by atoms with van der Waals surface area (Å²) in [5.41, 5.74) is -0.158. The lowest BCUT2D eigenvalue weighted by atomic mass is 10.1. The third-order valence-electron chi connectivity index (χ3n) is 4.07. The molecule has 0 rings (SSSR count). The number of allylic oxidation sites excluding steroid dienone is 2. The highest BCUT2D eigenvalue weighted by molar-refractivity contribution is 5.94. The van der Waals surface area contributed by atoms with E-state index < -0.39 is 18.0 Å². The number of rotatable bonds is 14. The van der Waals surface area contributed by atoms with E-state index in [1.807, 2.05) is 18.7 Å². The fraction of sp³-hybridized carbons (Fsp3) is 0.667. The summed E-state index contributed by atoms with van der Waals surface area (Å²) in [5, 5.41) is 9.11. The van der Waals surface area contributed by atoms with Gasteiger partial charge in [0.05, 0.1) is 6.61 Å². The molecule has 0 aromatic heterocycles. The summed E-state index contributed by atoms with van der Waals surface area (Å²) in [7, 11) is 0. The Balaban J connectivity index is 4.32. The minimum atomic E-state index is -1.04. The highest BCUT2D eigenvalue weighted by Crippen LogP contribution is 2.07. The van der Waals surface area contributed by atoms with E-state index in [4.69, 9.17) is 14.7 Å². The number of hydrogen-bond acceptors (Lipinski definition) is 6. The minimum Gasteiger partial charge on any atom is -0.463 e. The zero-order valence-electron chi connectivity index (χ0n) is 17.2. The Morgan fingerprint density at radius 3 is 2.30 bits per heavy atom. The molecule has 0 saturated carbocycles. The second-order valence-corrected chi connectivity index (χ2v) is 6.24. The van der Waals surface area contributed by atoms with Crippen LogP contribution in [0.15, 0.2) is 23.9 Å². The molecular formula is C21H34N2O4. The zero-order chi connectivity index (χ0) is 20.5. The van der Waals surface area contributed by atoms with E-state index in [-0.39, 0.29) is 5.57 Å². The van der Waals surface area contributed by atoms with Crippen LogP contribution in [0.5, 0.6) is 0 Å². The van der Waals surface area contributed by atoms with Crippen molar-refractivity contribution in [3.05, 3.63) is 23.9 Å². The summed E-state index contributed by atoms with van der Waals surface area (Å²) in [6, 6.07) is 1.80. The van der Waals surface area contributed by atoms with Gasteiger partial charge in [0.2, 0.25) is 0 Å². The van der Waals surface area contributed by atoms with Crippen molar-refractivity contribution in [2.45, 2.75) is 72.3 Å². The Hall–Kier alpha value is -2.29. The number of ether oxygens (including phenoxy) is 2. The van der Waals surface area contributed by atoms with Crippen molar-refractivity contribution in [3.63, 3.8) is 0 Å². The molecule has 1 unspecified atom stereocenters. The number of carbonyl (C=O) groups is 2. The molecule has 6 heteroatoms. The molecule has 0 amide bonds. The molecule has 0 saturated heterocycles. The van der Waals surface area contributed by atoms with Crippen molar-refractivity contribution < 1.29 is 19.1 Å². The largest absolute Gasteiger partial charge is 0.463 e. The molecule has 0 aliphatic rings. The summed E-state index contributed by atoms with van der Waals surface area (Å²) in [6.45, 7) is 9.61. The summed E-state index contributed by atoms with van der Waals surface area (Å²) in [6.07, 6.45) is 10.3. The molecule has 0 spiro atoms. The molecule has 0 aromatic rings. The van der Waals surface area contributed by atoms with Crippen molar-refractivity contribution in [2.75, 3.05) is 19.7 Å². The van der Waals surface area contributed by atoms with Gasteiger partial charge >= 0.3 is 11.9 Å². The van der Waals surface area contributed by atoms with Crippen LogP contribution in [0.2, 0.25) is 0 Å². The maximum Gasteiger partial charge on any atom is 0.349 e. The minimum absolute atomic E-state index is 0.158. The molecule has 0 radical (unpaired) electrons. The SMILES string of the molecule is CCCCCCCCOC(=O)C(C)OC(=O)/C(C#N)=C/C=C/N(CC)CC. The van der Waals surface area contributed by atoms with E-state index in [0.717, 1.165) is 32.4 Å². The summed E-state index contributed by atoms with van der Waals surface area (Å²) in [4.78, 5) is 25.9. The highest BCUT2D eigenvalue weighted by atomic mass is 16.6. The first-order valence-electron chi connectivity index (χ1n) is 9.90. The topological polar surface area (TPSA) is 79.6 Å². The van der Waals surface area contributed by atoms with E-state index >= 15 is 0 Å². The van der Waals surface area contributed by atoms with E-state index in [1.54, 1.807) is 18.3 Å². The molecule has 0 aliphatic carbocycles. The number of hydrogen-bond donors (Lipinski definition) is 0. The van der Waals surface area contributed by atoms with Crippen LogP contribution >= 0.6 is 0 Å². The first kappa shape index (κ1) is 24.7. The molecule has 152 valence electrons. The van der Waals surface area contributed by atoms with Crippen LogP contribution in [0.3, 0.4) is 0 Å². The Labute approximate surface area is 163 Å². The zero-order valence-corrected chi connectivity index (χ0v) is 17.2. The Morgan fingerprint density at radius 2 is 1.70 bits per heavy atom. The Morgan fingerprint density at radius 1 is 1.07 bits per heavy atom. The molecule has 0 fully saturated rings. The van der Waals surface area contributed by atoms with Crippen LogP contribution < -0.4 is 0 Å². The van der Waals surface area contributed by atoms with Crippen molar-refractivity contribution in [2.24, 2.45) is 0 Å². The predicted octanol–water partition coefficient (Wildman–Crippen LogP) is 4.13. The normalized spacial score (nSPS) is 12.5. The van der Waals surface area contributed by atoms with Gasteiger partial charge in [0, 0.05) is 13.1 Å². The Kier molecular flexibility index (Phi) is 14.6. The van der Waals surface area contributed by atoms with Crippen LogP contribution in [-0.2, 0) is 19.1 Å². The van der Waals surface area contributed by atoms with E-state index in [0.29, 0.717) is 6.61 Å². The van der Waals surface area contributed by atoms with Gasteiger partial charge in [-0.15, -0.1) is 0 Å². The summed E-state index contributed by atoms with van der Waals surface area (Å²) < 4.78 is 10.2. The molecule has 0 bridgehead atoms. The van der Waals surface area contributed by atoms with Gasteiger partial charge in [0.15, 0.2) is 6.10 Å². The van der Waals surface area contributed by atoms with Gasteiger partial charge in [-0.2, -0.15) is 5.26 Å². The number of unbranched alkanes of at least 4 members (excludes halogenated alkanes) is 5. The van der Waals surface area contributed by atoms with E-state index in [1.165, 1.54) is 32.3 Å². The third kappa shape index (κ3) is 11.8. The fourth-order valence-electron chi connectivity index (χ4n) is 2.29. The lowest BCUT2D eigenvalue weighted by molar-refractivity contribution is -0.164. The van der Waals surface area contributed by atoms with Gasteiger partial charge in [0.25, 0.3) is 0 Å². The van der Waals surface area contributed by atoms with Crippen molar-refractivity contribution >= 4 is 11.9 Å². The Bertz CT molecular complexity index is 531. The number of nitrogens with zero attached hydrogens (tertiary/aromatic N) is 2. The molecule has 0 heterocycles. The monoisotopic (exact) mass is 378 g/mol. The average Bonchev–Trinajstić information content (AvgIpc) is 2.67. The van der Waals surface area contributed by atoms with Gasteiger partial charge in [-0.25, -0.2) is 9.59 Å². The summed E-state index contributed by atoms with van der Waals surface area (Å²) in [5.74, 6) is -1.42. The molecule has 6 nitrogen and oxygen atoms in total. The van der Waals surface area contributed by atoms with E-state index in [9.17, 15) is 9.59 Å². The maximum absolute atomic E-state index is 12.0. The van der Waals surface area contributed by atoms with Crippen LogP contribution in [0.25, 0.3) is 0 Å². The highest BCUT2D eigenvalue weighted by Gasteiger charge is 2.21. The van der Waals surface area contributed by atoms with Crippen LogP contribution in [-0.4, -0.2) is 42.6 Å². The van der Waals surface area contributed by atoms with Gasteiger partial charge < -0.3 is 14.4 Å². The molecule has 0 aliphatic heterocycles. The lowest BCUT2D eigenvalue weighted by Gasteiger charge is -2.14. The summed E-state index contributed by atoms with van der Waals surface area (Å²) >= 11 is 0. The molecule has 27 heavy (non-hydrogen) atoms. The fourth-order valence-corrected chi connectivity index (χ4v) is 2.29. The third-order valence-corrected chi connectivity index (χ3v) is 4.07. The van der Waals surface area contributed by atoms with Crippen molar-refractivity contribution in [1.82, 2.24) is 4.90 Å². The van der Waals surface area contributed by atoms with Gasteiger partial charge in [-0.05, 0) is 45.5 Å². The first-order valence-corrected chi connectivity index (χ1v) is 9.90. The number of nitriles is 1. The first-order chi connectivity index (χ1) is 13.0. The number of carbonyl (C=O) groups excluding carboxylic acids is 2. The second kappa shape index (κ2) is 15.9. The van der Waals surface area contributed by atoms with Gasteiger partial charge in [-0.1, -0.05) is 39.0 Å². The molecular weight excluding hydrogens is 344 g/mol. The van der Waals surface area contributed by atoms with E-state index in [2.05, 4.69) is 6.92 Å². The molecule has 1 atom stereocenters. The predicted molar refractivity (Wildman–Crippen MR) is 106 cm³/mol. The quantitative estimate of drug-likeness (QED) is 0.149. The van der Waals surface area contributed by atoms with Crippen LogP contribution in [0.4, 0.5) is 0 Å². The van der Waals surface area contributed by atoms with Gasteiger partial charge in [-0.3, -0.25) is 0 Å². The van der Waals surface area contributed by atoms with Crippen molar-refractivity contribution in [3.8, 4) is 6.07 Å². The average molecular weight is 379 g/mol. The van der Waals surface area contributed by atoms with Crippen LogP contribution in [0, 0.1) is 11.3 Å². The van der Waals surface area contributed by atoms with Gasteiger partial charge in [0.1, 0.15) is 11.6 Å².